The van der Waals surface area contributed by atoms with E-state index in [4.69, 9.17) is 0 Å². The molecule has 3 aromatic carbocycles. The summed E-state index contributed by atoms with van der Waals surface area (Å²) in [6.45, 7) is 0. The summed E-state index contributed by atoms with van der Waals surface area (Å²) in [6, 6.07) is 15.0. The first kappa shape index (κ1) is 22.3. The molecule has 19 heavy (non-hydrogen) atoms. The normalized spacial score (nSPS) is 8.95. The van der Waals surface area contributed by atoms with Gasteiger partial charge in [0.25, 0.3) is 0 Å². The fraction of sp³-hybridized carbons (Fsp3) is 0. The SMILES string of the molecule is Brc1ccc2c(c1)[cH-]c1cc(Br)ccc12.[Cl-].[Cl-].[Cl-].[Zr+4]. The Hall–Kier alpha value is 1.02. The third-order valence-corrected chi connectivity index (χ3v) is 3.61. The van der Waals surface area contributed by atoms with Crippen LogP contribution < -0.4 is 37.2 Å². The molecule has 0 bridgehead atoms. The second-order valence-corrected chi connectivity index (χ2v) is 5.44. The molecule has 0 aliphatic heterocycles. The Bertz CT molecular complexity index is 611. The van der Waals surface area contributed by atoms with Crippen molar-refractivity contribution in [3.05, 3.63) is 51.4 Å². The molecule has 0 unspecified atom stereocenters. The summed E-state index contributed by atoms with van der Waals surface area (Å²) in [6.07, 6.45) is 0. The average Bonchev–Trinajstić information content (AvgIpc) is 2.53. The van der Waals surface area contributed by atoms with E-state index in [1.165, 1.54) is 21.5 Å². The van der Waals surface area contributed by atoms with Gasteiger partial charge < -0.3 is 37.2 Å². The zero-order valence-electron chi connectivity index (χ0n) is 9.43. The van der Waals surface area contributed by atoms with Crippen molar-refractivity contribution in [1.29, 1.82) is 0 Å². The Kier molecular flexibility index (Phi) is 10.7. The topological polar surface area (TPSA) is 0 Å². The maximum absolute atomic E-state index is 3.49. The fourth-order valence-corrected chi connectivity index (χ4v) is 2.72. The summed E-state index contributed by atoms with van der Waals surface area (Å²) in [5, 5.41) is 5.22. The van der Waals surface area contributed by atoms with E-state index in [0.717, 1.165) is 8.95 Å². The molecule has 0 aliphatic carbocycles. The number of rotatable bonds is 0. The largest absolute Gasteiger partial charge is 4.00 e. The maximum Gasteiger partial charge on any atom is 4.00 e. The minimum absolute atomic E-state index is 0. The van der Waals surface area contributed by atoms with Crippen molar-refractivity contribution in [2.45, 2.75) is 0 Å². The predicted octanol–water partition coefficient (Wildman–Crippen LogP) is -3.75. The number of benzene rings is 2. The van der Waals surface area contributed by atoms with E-state index in [1.54, 1.807) is 0 Å². The standard InChI is InChI=1S/C13H7Br2.3ClH.Zr/c14-10-1-3-12-8(6-10)5-9-7-11(15)2-4-13(9)12;;;;/h1-7H;3*1H;/q-1;;;;+4/p-3. The van der Waals surface area contributed by atoms with E-state index in [2.05, 4.69) is 74.3 Å². The van der Waals surface area contributed by atoms with Crippen molar-refractivity contribution in [3.8, 4) is 0 Å². The van der Waals surface area contributed by atoms with Crippen molar-refractivity contribution in [1.82, 2.24) is 0 Å². The van der Waals surface area contributed by atoms with E-state index in [-0.39, 0.29) is 63.4 Å². The fourth-order valence-electron chi connectivity index (χ4n) is 1.96. The molecule has 0 saturated heterocycles. The van der Waals surface area contributed by atoms with Crippen LogP contribution in [0, 0.1) is 0 Å². The molecular weight excluding hydrogens is 514 g/mol. The smallest absolute Gasteiger partial charge is 1.00 e. The molecule has 6 heteroatoms. The molecule has 3 aromatic rings. The maximum atomic E-state index is 3.49. The summed E-state index contributed by atoms with van der Waals surface area (Å²) in [7, 11) is 0. The van der Waals surface area contributed by atoms with Gasteiger partial charge in [-0.25, -0.2) is 0 Å². The van der Waals surface area contributed by atoms with Crippen LogP contribution in [0.2, 0.25) is 0 Å². The second kappa shape index (κ2) is 9.12. The molecule has 0 aliphatic rings. The van der Waals surface area contributed by atoms with Crippen LogP contribution >= 0.6 is 31.9 Å². The molecule has 98 valence electrons. The third kappa shape index (κ3) is 4.49. The van der Waals surface area contributed by atoms with Gasteiger partial charge in [0.15, 0.2) is 0 Å². The van der Waals surface area contributed by atoms with Crippen LogP contribution in [0.4, 0.5) is 0 Å². The number of hydrogen-bond acceptors (Lipinski definition) is 0. The van der Waals surface area contributed by atoms with E-state index >= 15 is 0 Å². The molecule has 0 nitrogen and oxygen atoms in total. The van der Waals surface area contributed by atoms with Crippen molar-refractivity contribution in [2.24, 2.45) is 0 Å². The molecule has 0 N–H and O–H groups in total. The van der Waals surface area contributed by atoms with Gasteiger partial charge in [-0.15, -0.1) is 39.7 Å². The molecule has 0 heterocycles. The summed E-state index contributed by atoms with van der Waals surface area (Å²) in [4.78, 5) is 0. The van der Waals surface area contributed by atoms with E-state index in [1.807, 2.05) is 0 Å². The van der Waals surface area contributed by atoms with Crippen molar-refractivity contribution in [2.75, 3.05) is 0 Å². The molecule has 0 aromatic heterocycles. The van der Waals surface area contributed by atoms with Crippen LogP contribution in [-0.4, -0.2) is 0 Å². The Labute approximate surface area is 166 Å². The molecule has 0 spiro atoms. The van der Waals surface area contributed by atoms with Gasteiger partial charge in [-0.1, -0.05) is 56.1 Å². The van der Waals surface area contributed by atoms with Gasteiger partial charge >= 0.3 is 26.2 Å². The number of fused-ring (bicyclic) bond motifs is 3. The minimum Gasteiger partial charge on any atom is -1.00 e. The minimum atomic E-state index is 0. The molecule has 3 rings (SSSR count). The van der Waals surface area contributed by atoms with Crippen LogP contribution in [-0.2, 0) is 26.2 Å². The van der Waals surface area contributed by atoms with Crippen LogP contribution in [0.15, 0.2) is 51.4 Å². The Morgan fingerprint density at radius 3 is 1.42 bits per heavy atom. The van der Waals surface area contributed by atoms with Crippen molar-refractivity contribution in [3.63, 3.8) is 0 Å². The molecule has 0 fully saturated rings. The van der Waals surface area contributed by atoms with Crippen LogP contribution in [0.1, 0.15) is 0 Å². The summed E-state index contributed by atoms with van der Waals surface area (Å²) < 4.78 is 2.26. The first-order valence-corrected chi connectivity index (χ1v) is 6.27. The third-order valence-electron chi connectivity index (χ3n) is 2.63. The monoisotopic (exact) mass is 516 g/mol. The van der Waals surface area contributed by atoms with Crippen molar-refractivity contribution < 1.29 is 63.4 Å². The Balaban J connectivity index is 0. The van der Waals surface area contributed by atoms with Crippen molar-refractivity contribution >= 4 is 53.4 Å². The van der Waals surface area contributed by atoms with Crippen LogP contribution in [0.5, 0.6) is 0 Å². The molecule has 0 saturated carbocycles. The Morgan fingerprint density at radius 2 is 1.05 bits per heavy atom. The zero-order chi connectivity index (χ0) is 10.4. The Morgan fingerprint density at radius 1 is 0.684 bits per heavy atom. The van der Waals surface area contributed by atoms with Gasteiger partial charge in [0, 0.05) is 0 Å². The molecular formula is C13H7Br2Cl3Zr. The van der Waals surface area contributed by atoms with Gasteiger partial charge in [0.1, 0.15) is 0 Å². The molecule has 0 amide bonds. The van der Waals surface area contributed by atoms with Gasteiger partial charge in [-0.05, 0) is 8.95 Å². The number of halogens is 5. The average molecular weight is 521 g/mol. The zero-order valence-corrected chi connectivity index (χ0v) is 17.3. The van der Waals surface area contributed by atoms with E-state index in [0.29, 0.717) is 0 Å². The predicted molar refractivity (Wildman–Crippen MR) is 72.4 cm³/mol. The first-order chi connectivity index (χ1) is 7.24. The summed E-state index contributed by atoms with van der Waals surface area (Å²) >= 11 is 6.99. The number of hydrogen-bond donors (Lipinski definition) is 0. The van der Waals surface area contributed by atoms with Gasteiger partial charge in [-0.3, -0.25) is 0 Å². The van der Waals surface area contributed by atoms with Crippen LogP contribution in [0.25, 0.3) is 21.5 Å². The molecule has 0 atom stereocenters. The summed E-state index contributed by atoms with van der Waals surface area (Å²) in [5.41, 5.74) is 0. The molecule has 0 radical (unpaired) electrons. The van der Waals surface area contributed by atoms with E-state index in [9.17, 15) is 0 Å². The van der Waals surface area contributed by atoms with Gasteiger partial charge in [0.2, 0.25) is 0 Å². The first-order valence-electron chi connectivity index (χ1n) is 4.68. The van der Waals surface area contributed by atoms with Gasteiger partial charge in [-0.2, -0.15) is 0 Å². The second-order valence-electron chi connectivity index (χ2n) is 3.61. The quantitative estimate of drug-likeness (QED) is 0.268. The summed E-state index contributed by atoms with van der Waals surface area (Å²) in [5.74, 6) is 0. The van der Waals surface area contributed by atoms with E-state index < -0.39 is 0 Å². The van der Waals surface area contributed by atoms with Crippen LogP contribution in [0.3, 0.4) is 0 Å². The van der Waals surface area contributed by atoms with Gasteiger partial charge in [0.05, 0.1) is 0 Å².